The molecule has 0 heterocycles. The van der Waals surface area contributed by atoms with E-state index in [9.17, 15) is 0 Å². The Morgan fingerprint density at radius 1 is 0.955 bits per heavy atom. The van der Waals surface area contributed by atoms with Crippen LogP contribution in [0.2, 0.25) is 0 Å². The Morgan fingerprint density at radius 3 is 2.23 bits per heavy atom. The van der Waals surface area contributed by atoms with Crippen molar-refractivity contribution in [3.05, 3.63) is 29.8 Å². The average molecular weight is 321 g/mol. The highest BCUT2D eigenvalue weighted by molar-refractivity contribution is 7.80. The Kier molecular flexibility index (Phi) is 10.7. The van der Waals surface area contributed by atoms with Crippen LogP contribution >= 0.6 is 12.2 Å². The van der Waals surface area contributed by atoms with E-state index in [-0.39, 0.29) is 0 Å². The van der Waals surface area contributed by atoms with Crippen LogP contribution in [0.25, 0.3) is 0 Å². The minimum atomic E-state index is 0.727. The van der Waals surface area contributed by atoms with Gasteiger partial charge in [-0.1, -0.05) is 70.4 Å². The lowest BCUT2D eigenvalue weighted by Crippen LogP contribution is -2.29. The zero-order valence-corrected chi connectivity index (χ0v) is 15.1. The third kappa shape index (κ3) is 9.78. The van der Waals surface area contributed by atoms with Gasteiger partial charge in [-0.3, -0.25) is 0 Å². The van der Waals surface area contributed by atoms with Crippen molar-refractivity contribution in [1.82, 2.24) is 5.32 Å². The summed E-state index contributed by atoms with van der Waals surface area (Å²) in [6.07, 6.45) is 12.2. The van der Waals surface area contributed by atoms with Gasteiger partial charge in [0, 0.05) is 12.2 Å². The second-order valence-corrected chi connectivity index (χ2v) is 6.49. The molecule has 124 valence electrons. The van der Waals surface area contributed by atoms with Crippen molar-refractivity contribution >= 4 is 23.0 Å². The first-order valence-electron chi connectivity index (χ1n) is 8.84. The zero-order chi connectivity index (χ0) is 16.0. The predicted octanol–water partition coefficient (Wildman–Crippen LogP) is 5.81. The molecule has 2 N–H and O–H groups in total. The van der Waals surface area contributed by atoms with Crippen LogP contribution in [0.3, 0.4) is 0 Å². The van der Waals surface area contributed by atoms with Gasteiger partial charge < -0.3 is 10.6 Å². The first-order chi connectivity index (χ1) is 10.7. The van der Waals surface area contributed by atoms with Gasteiger partial charge in [0.05, 0.1) is 0 Å². The molecule has 0 atom stereocenters. The predicted molar refractivity (Wildman–Crippen MR) is 103 cm³/mol. The number of hydrogen-bond donors (Lipinski definition) is 2. The van der Waals surface area contributed by atoms with Crippen LogP contribution in [0.1, 0.15) is 70.3 Å². The summed E-state index contributed by atoms with van der Waals surface area (Å²) in [6, 6.07) is 8.27. The normalized spacial score (nSPS) is 10.5. The quantitative estimate of drug-likeness (QED) is 0.397. The third-order valence-corrected chi connectivity index (χ3v) is 4.09. The van der Waals surface area contributed by atoms with E-state index in [1.165, 1.54) is 63.4 Å². The monoisotopic (exact) mass is 320 g/mol. The lowest BCUT2D eigenvalue weighted by atomic mass is 10.1. The number of aryl methyl sites for hydroxylation is 1. The van der Waals surface area contributed by atoms with Crippen LogP contribution < -0.4 is 10.6 Å². The molecular weight excluding hydrogens is 288 g/mol. The van der Waals surface area contributed by atoms with Crippen molar-refractivity contribution in [3.8, 4) is 0 Å². The molecular formula is C19H32N2S. The summed E-state index contributed by atoms with van der Waals surface area (Å²) in [4.78, 5) is 0. The van der Waals surface area contributed by atoms with Gasteiger partial charge in [0.25, 0.3) is 0 Å². The molecule has 2 nitrogen and oxygen atoms in total. The number of benzene rings is 1. The summed E-state index contributed by atoms with van der Waals surface area (Å²) in [7, 11) is 0. The van der Waals surface area contributed by atoms with E-state index in [1.54, 1.807) is 0 Å². The molecule has 0 amide bonds. The topological polar surface area (TPSA) is 24.1 Å². The van der Waals surface area contributed by atoms with Crippen LogP contribution in [0, 0.1) is 6.92 Å². The van der Waals surface area contributed by atoms with Crippen LogP contribution in [0.15, 0.2) is 24.3 Å². The fraction of sp³-hybridized carbons (Fsp3) is 0.632. The third-order valence-electron chi connectivity index (χ3n) is 3.84. The summed E-state index contributed by atoms with van der Waals surface area (Å²) in [5, 5.41) is 7.25. The summed E-state index contributed by atoms with van der Waals surface area (Å²) < 4.78 is 0. The first kappa shape index (κ1) is 19.0. The number of thiocarbonyl (C=S) groups is 1. The van der Waals surface area contributed by atoms with Gasteiger partial charge >= 0.3 is 0 Å². The summed E-state index contributed by atoms with van der Waals surface area (Å²) in [5.41, 5.74) is 2.30. The first-order valence-corrected chi connectivity index (χ1v) is 9.24. The molecule has 3 heteroatoms. The number of nitrogens with one attached hydrogen (secondary N) is 2. The molecule has 0 aliphatic rings. The Bertz CT molecular complexity index is 418. The Balaban J connectivity index is 1.95. The molecule has 0 saturated carbocycles. The maximum atomic E-state index is 5.32. The molecule has 0 spiro atoms. The fourth-order valence-electron chi connectivity index (χ4n) is 2.54. The summed E-state index contributed by atoms with van der Waals surface area (Å²) >= 11 is 5.32. The number of anilines is 1. The smallest absolute Gasteiger partial charge is 0.170 e. The van der Waals surface area contributed by atoms with Crippen molar-refractivity contribution in [2.75, 3.05) is 11.9 Å². The van der Waals surface area contributed by atoms with Gasteiger partial charge in [0.1, 0.15) is 0 Å². The average Bonchev–Trinajstić information content (AvgIpc) is 2.49. The Labute approximate surface area is 142 Å². The van der Waals surface area contributed by atoms with Crippen molar-refractivity contribution in [1.29, 1.82) is 0 Å². The van der Waals surface area contributed by atoms with Crippen LogP contribution in [0.5, 0.6) is 0 Å². The molecule has 0 bridgehead atoms. The summed E-state index contributed by atoms with van der Waals surface area (Å²) in [5.74, 6) is 0. The molecule has 0 aliphatic carbocycles. The van der Waals surface area contributed by atoms with Crippen LogP contribution in [-0.4, -0.2) is 11.7 Å². The molecule has 1 aromatic rings. The molecule has 0 fully saturated rings. The van der Waals surface area contributed by atoms with Gasteiger partial charge in [0.15, 0.2) is 5.11 Å². The van der Waals surface area contributed by atoms with Crippen molar-refractivity contribution < 1.29 is 0 Å². The van der Waals surface area contributed by atoms with E-state index in [4.69, 9.17) is 12.2 Å². The van der Waals surface area contributed by atoms with E-state index in [2.05, 4.69) is 36.6 Å². The summed E-state index contributed by atoms with van der Waals surface area (Å²) in [6.45, 7) is 5.32. The minimum absolute atomic E-state index is 0.727. The highest BCUT2D eigenvalue weighted by Gasteiger charge is 1.97. The van der Waals surface area contributed by atoms with Gasteiger partial charge in [-0.2, -0.15) is 0 Å². The molecule has 0 radical (unpaired) electrons. The highest BCUT2D eigenvalue weighted by Crippen LogP contribution is 2.10. The number of unbranched alkanes of at least 4 members (excludes halogenated alkanes) is 8. The van der Waals surface area contributed by atoms with E-state index < -0.39 is 0 Å². The molecule has 0 saturated heterocycles. The van der Waals surface area contributed by atoms with Crippen molar-refractivity contribution in [2.45, 2.75) is 71.6 Å². The molecule has 0 aliphatic heterocycles. The maximum Gasteiger partial charge on any atom is 0.170 e. The lowest BCUT2D eigenvalue weighted by molar-refractivity contribution is 0.563. The molecule has 1 aromatic carbocycles. The minimum Gasteiger partial charge on any atom is -0.362 e. The van der Waals surface area contributed by atoms with Crippen LogP contribution in [-0.2, 0) is 0 Å². The van der Waals surface area contributed by atoms with Gasteiger partial charge in [0.2, 0.25) is 0 Å². The molecule has 22 heavy (non-hydrogen) atoms. The zero-order valence-electron chi connectivity index (χ0n) is 14.3. The van der Waals surface area contributed by atoms with Gasteiger partial charge in [-0.15, -0.1) is 0 Å². The van der Waals surface area contributed by atoms with Crippen LogP contribution in [0.4, 0.5) is 5.69 Å². The number of rotatable bonds is 11. The second kappa shape index (κ2) is 12.5. The van der Waals surface area contributed by atoms with E-state index in [0.29, 0.717) is 0 Å². The highest BCUT2D eigenvalue weighted by atomic mass is 32.1. The molecule has 0 aromatic heterocycles. The van der Waals surface area contributed by atoms with Gasteiger partial charge in [-0.05, 0) is 43.3 Å². The van der Waals surface area contributed by atoms with E-state index in [1.807, 2.05) is 12.1 Å². The SMILES string of the molecule is CCCCCCCCCCCNC(=S)Nc1cccc(C)c1. The molecule has 1 rings (SSSR count). The van der Waals surface area contributed by atoms with Crippen molar-refractivity contribution in [3.63, 3.8) is 0 Å². The Morgan fingerprint density at radius 2 is 1.59 bits per heavy atom. The molecule has 0 unspecified atom stereocenters. The Hall–Kier alpha value is -1.09. The fourth-order valence-corrected chi connectivity index (χ4v) is 2.76. The van der Waals surface area contributed by atoms with E-state index in [0.717, 1.165) is 17.3 Å². The van der Waals surface area contributed by atoms with Gasteiger partial charge in [-0.25, -0.2) is 0 Å². The van der Waals surface area contributed by atoms with Crippen molar-refractivity contribution in [2.24, 2.45) is 0 Å². The number of hydrogen-bond acceptors (Lipinski definition) is 1. The van der Waals surface area contributed by atoms with E-state index >= 15 is 0 Å². The standard InChI is InChI=1S/C19H32N2S/c1-3-4-5-6-7-8-9-10-11-15-20-19(22)21-18-14-12-13-17(2)16-18/h12-14,16H,3-11,15H2,1-2H3,(H2,20,21,22). The largest absolute Gasteiger partial charge is 0.362 e. The second-order valence-electron chi connectivity index (χ2n) is 6.08. The maximum absolute atomic E-state index is 5.32. The lowest BCUT2D eigenvalue weighted by Gasteiger charge is -2.10.